The fourth-order valence-corrected chi connectivity index (χ4v) is 4.85. The van der Waals surface area contributed by atoms with E-state index in [0.717, 1.165) is 44.2 Å². The smallest absolute Gasteiger partial charge is 0.136 e. The van der Waals surface area contributed by atoms with Crippen molar-refractivity contribution in [2.45, 2.75) is 0 Å². The summed E-state index contributed by atoms with van der Waals surface area (Å²) in [6.07, 6.45) is 6.84. The molecule has 41 heavy (non-hydrogen) atoms. The van der Waals surface area contributed by atoms with Gasteiger partial charge in [0.25, 0.3) is 0 Å². The number of benzene rings is 2. The van der Waals surface area contributed by atoms with Gasteiger partial charge in [0.05, 0.1) is 46.0 Å². The lowest BCUT2D eigenvalue weighted by Crippen LogP contribution is -1.89. The highest BCUT2D eigenvalue weighted by Crippen LogP contribution is 2.35. The van der Waals surface area contributed by atoms with E-state index in [1.807, 2.05) is 36.4 Å². The summed E-state index contributed by atoms with van der Waals surface area (Å²) in [5.74, 6) is 0. The number of furan rings is 1. The third-order valence-corrected chi connectivity index (χ3v) is 6.97. The van der Waals surface area contributed by atoms with Gasteiger partial charge in [0.15, 0.2) is 0 Å². The first-order valence-corrected chi connectivity index (χ1v) is 12.8. The Bertz CT molecular complexity index is 2010. The van der Waals surface area contributed by atoms with Crippen LogP contribution < -0.4 is 0 Å². The highest BCUT2D eigenvalue weighted by atomic mass is 16.3. The average molecular weight is 527 g/mol. The zero-order valence-corrected chi connectivity index (χ0v) is 21.5. The topological polar surface area (TPSA) is 112 Å². The number of pyridine rings is 4. The summed E-state index contributed by atoms with van der Waals surface area (Å²) in [4.78, 5) is 17.8. The molecule has 0 bridgehead atoms. The molecule has 7 rings (SSSR count). The summed E-state index contributed by atoms with van der Waals surface area (Å²) < 4.78 is 6.29. The van der Waals surface area contributed by atoms with Gasteiger partial charge in [-0.15, -0.1) is 0 Å². The Labute approximate surface area is 234 Å². The number of hydrogen-bond donors (Lipinski definition) is 0. The molecule has 0 amide bonds. The van der Waals surface area contributed by atoms with E-state index in [1.54, 1.807) is 49.1 Å². The van der Waals surface area contributed by atoms with Crippen LogP contribution in [0.25, 0.3) is 67.0 Å². The zero-order chi connectivity index (χ0) is 27.8. The lowest BCUT2D eigenvalue weighted by atomic mass is 10.0. The number of rotatable bonds is 4. The van der Waals surface area contributed by atoms with E-state index in [2.05, 4.69) is 56.3 Å². The maximum Gasteiger partial charge on any atom is 0.136 e. The molecule has 0 atom stereocenters. The lowest BCUT2D eigenvalue weighted by Gasteiger charge is -2.04. The van der Waals surface area contributed by atoms with Crippen molar-refractivity contribution in [3.8, 4) is 57.2 Å². The minimum absolute atomic E-state index is 0.548. The Morgan fingerprint density at radius 1 is 0.463 bits per heavy atom. The zero-order valence-electron chi connectivity index (χ0n) is 21.5. The molecule has 0 saturated heterocycles. The molecule has 0 N–H and O–H groups in total. The molecule has 5 aromatic heterocycles. The van der Waals surface area contributed by atoms with Crippen LogP contribution in [0.3, 0.4) is 0 Å². The van der Waals surface area contributed by atoms with E-state index in [0.29, 0.717) is 33.9 Å². The van der Waals surface area contributed by atoms with Crippen molar-refractivity contribution in [2.24, 2.45) is 0 Å². The summed E-state index contributed by atoms with van der Waals surface area (Å²) in [7, 11) is 0. The van der Waals surface area contributed by atoms with Crippen molar-refractivity contribution in [3.63, 3.8) is 0 Å². The fourth-order valence-electron chi connectivity index (χ4n) is 4.85. The maximum atomic E-state index is 9.16. The Balaban J connectivity index is 1.18. The Morgan fingerprint density at radius 3 is 1.34 bits per heavy atom. The SMILES string of the molecule is N#Cc1ccnc(-c2ccc(-c3ccc4c(c3)oc3cc(-c5ccc(-c6cc(C#N)ccn6)nc5)ccc34)cn2)c1. The van der Waals surface area contributed by atoms with Gasteiger partial charge < -0.3 is 4.42 Å². The second-order valence-electron chi connectivity index (χ2n) is 9.47. The molecule has 7 aromatic rings. The molecule has 0 unspecified atom stereocenters. The van der Waals surface area contributed by atoms with Crippen molar-refractivity contribution in [1.82, 2.24) is 19.9 Å². The number of aromatic nitrogens is 4. The molecule has 0 fully saturated rings. The quantitative estimate of drug-likeness (QED) is 0.232. The third-order valence-electron chi connectivity index (χ3n) is 6.97. The predicted molar refractivity (Wildman–Crippen MR) is 156 cm³/mol. The van der Waals surface area contributed by atoms with Crippen LogP contribution in [0.2, 0.25) is 0 Å². The molecule has 2 aromatic carbocycles. The van der Waals surface area contributed by atoms with Crippen LogP contribution in [-0.4, -0.2) is 19.9 Å². The fraction of sp³-hybridized carbons (Fsp3) is 0. The van der Waals surface area contributed by atoms with E-state index in [1.165, 1.54) is 0 Å². The van der Waals surface area contributed by atoms with Crippen LogP contribution in [-0.2, 0) is 0 Å². The van der Waals surface area contributed by atoms with Crippen LogP contribution in [0.5, 0.6) is 0 Å². The molecular weight excluding hydrogens is 508 g/mol. The first-order valence-electron chi connectivity index (χ1n) is 12.8. The normalized spacial score (nSPS) is 10.9. The van der Waals surface area contributed by atoms with Crippen molar-refractivity contribution < 1.29 is 4.42 Å². The van der Waals surface area contributed by atoms with Crippen LogP contribution in [0.1, 0.15) is 11.1 Å². The lowest BCUT2D eigenvalue weighted by molar-refractivity contribution is 0.669. The van der Waals surface area contributed by atoms with E-state index in [9.17, 15) is 0 Å². The van der Waals surface area contributed by atoms with Gasteiger partial charge in [0.2, 0.25) is 0 Å². The van der Waals surface area contributed by atoms with E-state index in [4.69, 9.17) is 14.9 Å². The van der Waals surface area contributed by atoms with Gasteiger partial charge in [0, 0.05) is 46.7 Å². The van der Waals surface area contributed by atoms with E-state index < -0.39 is 0 Å². The van der Waals surface area contributed by atoms with Crippen molar-refractivity contribution in [2.75, 3.05) is 0 Å². The standard InChI is InChI=1S/C34H18N6O/c35-17-21-9-11-37-31(13-21)29-7-3-25(19-39-29)23-1-5-27-28-6-2-24(16-34(28)41-33(27)15-23)26-4-8-30(40-20-26)32-14-22(18-36)10-12-38-32/h1-16,19-20H. The van der Waals surface area contributed by atoms with Crippen molar-refractivity contribution in [1.29, 1.82) is 10.5 Å². The van der Waals surface area contributed by atoms with Gasteiger partial charge in [0.1, 0.15) is 11.2 Å². The largest absolute Gasteiger partial charge is 0.456 e. The van der Waals surface area contributed by atoms with Gasteiger partial charge in [-0.25, -0.2) is 0 Å². The van der Waals surface area contributed by atoms with Crippen LogP contribution in [0.15, 0.2) is 114 Å². The van der Waals surface area contributed by atoms with Crippen LogP contribution >= 0.6 is 0 Å². The van der Waals surface area contributed by atoms with Crippen LogP contribution in [0, 0.1) is 22.7 Å². The summed E-state index contributed by atoms with van der Waals surface area (Å²) in [5.41, 5.74) is 9.30. The summed E-state index contributed by atoms with van der Waals surface area (Å²) in [5, 5.41) is 20.4. The molecule has 7 nitrogen and oxygen atoms in total. The molecule has 7 heteroatoms. The molecule has 0 spiro atoms. The summed E-state index contributed by atoms with van der Waals surface area (Å²) in [6, 6.07) is 31.2. The monoisotopic (exact) mass is 526 g/mol. The Morgan fingerprint density at radius 2 is 0.927 bits per heavy atom. The highest BCUT2D eigenvalue weighted by molar-refractivity contribution is 6.06. The molecule has 0 radical (unpaired) electrons. The minimum Gasteiger partial charge on any atom is -0.456 e. The van der Waals surface area contributed by atoms with Crippen molar-refractivity contribution >= 4 is 21.9 Å². The van der Waals surface area contributed by atoms with Gasteiger partial charge in [-0.3, -0.25) is 19.9 Å². The predicted octanol–water partition coefficient (Wildman–Crippen LogP) is 7.58. The van der Waals surface area contributed by atoms with Crippen molar-refractivity contribution in [3.05, 3.63) is 121 Å². The summed E-state index contributed by atoms with van der Waals surface area (Å²) in [6.45, 7) is 0. The molecular formula is C34H18N6O. The van der Waals surface area contributed by atoms with Crippen LogP contribution in [0.4, 0.5) is 0 Å². The number of nitrogens with zero attached hydrogens (tertiary/aromatic N) is 6. The van der Waals surface area contributed by atoms with E-state index in [-0.39, 0.29) is 0 Å². The first-order chi connectivity index (χ1) is 20.2. The Hall–Kier alpha value is -6.18. The molecule has 0 aliphatic carbocycles. The molecule has 5 heterocycles. The third kappa shape index (κ3) is 4.44. The Kier molecular flexibility index (Phi) is 5.74. The molecule has 190 valence electrons. The van der Waals surface area contributed by atoms with Gasteiger partial charge in [-0.1, -0.05) is 24.3 Å². The van der Waals surface area contributed by atoms with Gasteiger partial charge in [-0.05, 0) is 71.8 Å². The number of nitriles is 2. The first kappa shape index (κ1) is 23.9. The maximum absolute atomic E-state index is 9.16. The highest BCUT2D eigenvalue weighted by Gasteiger charge is 2.12. The van der Waals surface area contributed by atoms with Gasteiger partial charge in [-0.2, -0.15) is 10.5 Å². The average Bonchev–Trinajstić information content (AvgIpc) is 3.42. The minimum atomic E-state index is 0.548. The number of hydrogen-bond acceptors (Lipinski definition) is 7. The molecule has 0 aliphatic heterocycles. The van der Waals surface area contributed by atoms with Gasteiger partial charge >= 0.3 is 0 Å². The molecule has 0 aliphatic rings. The second-order valence-corrected chi connectivity index (χ2v) is 9.47. The summed E-state index contributed by atoms with van der Waals surface area (Å²) >= 11 is 0. The second kappa shape index (κ2) is 9.85. The number of fused-ring (bicyclic) bond motifs is 3. The van der Waals surface area contributed by atoms with E-state index >= 15 is 0 Å². The molecule has 0 saturated carbocycles.